The van der Waals surface area contributed by atoms with Gasteiger partial charge in [-0.25, -0.2) is 0 Å². The number of carbonyl (C=O) groups is 1. The number of aromatic hydroxyl groups is 1. The van der Waals surface area contributed by atoms with Crippen molar-refractivity contribution in [2.24, 2.45) is 5.73 Å². The van der Waals surface area contributed by atoms with E-state index in [-0.39, 0.29) is 23.7 Å². The summed E-state index contributed by atoms with van der Waals surface area (Å²) in [4.78, 5) is 14.5. The predicted octanol–water partition coefficient (Wildman–Crippen LogP) is 2.05. The van der Waals surface area contributed by atoms with E-state index in [2.05, 4.69) is 13.8 Å². The lowest BCUT2D eigenvalue weighted by Gasteiger charge is -2.40. The highest BCUT2D eigenvalue weighted by Crippen LogP contribution is 2.23. The van der Waals surface area contributed by atoms with E-state index < -0.39 is 6.04 Å². The summed E-state index contributed by atoms with van der Waals surface area (Å²) in [6, 6.07) is 6.91. The van der Waals surface area contributed by atoms with Gasteiger partial charge in [0.2, 0.25) is 5.91 Å². The molecular formula is C16H24N2O2. The standard InChI is InChI=1S/C16H24N2O2/c1-11-4-3-5-12(2)18(11)16(20)15(17)10-13-6-8-14(19)9-7-13/h6-9,11-12,15,19H,3-5,10,17H2,1-2H3/t11?,12?,15-/m1/s1. The summed E-state index contributed by atoms with van der Waals surface area (Å²) < 4.78 is 0. The molecule has 0 spiro atoms. The summed E-state index contributed by atoms with van der Waals surface area (Å²) in [6.07, 6.45) is 3.80. The van der Waals surface area contributed by atoms with Gasteiger partial charge in [0.1, 0.15) is 5.75 Å². The highest BCUT2D eigenvalue weighted by atomic mass is 16.3. The Labute approximate surface area is 120 Å². The first-order valence-electron chi connectivity index (χ1n) is 7.34. The Morgan fingerprint density at radius 1 is 1.30 bits per heavy atom. The summed E-state index contributed by atoms with van der Waals surface area (Å²) in [5.41, 5.74) is 7.06. The van der Waals surface area contributed by atoms with E-state index >= 15 is 0 Å². The van der Waals surface area contributed by atoms with Crippen molar-refractivity contribution in [2.45, 2.75) is 57.7 Å². The maximum absolute atomic E-state index is 12.5. The Hall–Kier alpha value is -1.55. The third kappa shape index (κ3) is 3.31. The topological polar surface area (TPSA) is 66.6 Å². The molecule has 4 heteroatoms. The number of nitrogens with two attached hydrogens (primary N) is 1. The Morgan fingerprint density at radius 2 is 1.85 bits per heavy atom. The van der Waals surface area contributed by atoms with E-state index in [1.807, 2.05) is 17.0 Å². The Kier molecular flexibility index (Phi) is 4.65. The molecule has 0 saturated carbocycles. The van der Waals surface area contributed by atoms with Crippen LogP contribution < -0.4 is 5.73 Å². The molecule has 4 nitrogen and oxygen atoms in total. The highest BCUT2D eigenvalue weighted by molar-refractivity contribution is 5.82. The van der Waals surface area contributed by atoms with E-state index in [0.717, 1.165) is 18.4 Å². The van der Waals surface area contributed by atoms with E-state index in [1.54, 1.807) is 12.1 Å². The number of hydrogen-bond donors (Lipinski definition) is 2. The second-order valence-electron chi connectivity index (χ2n) is 5.85. The van der Waals surface area contributed by atoms with Gasteiger partial charge >= 0.3 is 0 Å². The number of likely N-dealkylation sites (tertiary alicyclic amines) is 1. The molecule has 20 heavy (non-hydrogen) atoms. The third-order valence-electron chi connectivity index (χ3n) is 4.16. The van der Waals surface area contributed by atoms with Crippen LogP contribution in [0.1, 0.15) is 38.7 Å². The van der Waals surface area contributed by atoms with Crippen molar-refractivity contribution in [2.75, 3.05) is 0 Å². The minimum absolute atomic E-state index is 0.0396. The Balaban J connectivity index is 2.02. The first kappa shape index (κ1) is 14.9. The zero-order valence-electron chi connectivity index (χ0n) is 12.2. The smallest absolute Gasteiger partial charge is 0.240 e. The summed E-state index contributed by atoms with van der Waals surface area (Å²) in [5.74, 6) is 0.268. The molecule has 0 radical (unpaired) electrons. The van der Waals surface area contributed by atoms with Crippen LogP contribution in [0.3, 0.4) is 0 Å². The van der Waals surface area contributed by atoms with Crippen molar-refractivity contribution in [1.82, 2.24) is 4.90 Å². The SMILES string of the molecule is CC1CCCC(C)N1C(=O)[C@H](N)Cc1ccc(O)cc1. The van der Waals surface area contributed by atoms with Gasteiger partial charge in [-0.15, -0.1) is 0 Å². The summed E-state index contributed by atoms with van der Waals surface area (Å²) in [6.45, 7) is 4.20. The minimum atomic E-state index is -0.512. The van der Waals surface area contributed by atoms with Gasteiger partial charge in [0.25, 0.3) is 0 Å². The summed E-state index contributed by atoms with van der Waals surface area (Å²) in [7, 11) is 0. The first-order valence-corrected chi connectivity index (χ1v) is 7.34. The van der Waals surface area contributed by atoms with Crippen molar-refractivity contribution >= 4 is 5.91 Å². The number of phenolic OH excluding ortho intramolecular Hbond substituents is 1. The molecule has 1 aliphatic rings. The number of amides is 1. The van der Waals surface area contributed by atoms with Crippen LogP contribution in [0.4, 0.5) is 0 Å². The van der Waals surface area contributed by atoms with Crippen molar-refractivity contribution in [1.29, 1.82) is 0 Å². The molecule has 1 aromatic rings. The number of piperidine rings is 1. The van der Waals surface area contributed by atoms with Gasteiger partial charge in [-0.2, -0.15) is 0 Å². The van der Waals surface area contributed by atoms with Crippen LogP contribution in [0.25, 0.3) is 0 Å². The van der Waals surface area contributed by atoms with E-state index in [1.165, 1.54) is 6.42 Å². The second-order valence-corrected chi connectivity index (χ2v) is 5.85. The quantitative estimate of drug-likeness (QED) is 0.888. The molecule has 110 valence electrons. The molecule has 1 aromatic carbocycles. The predicted molar refractivity (Wildman–Crippen MR) is 79.4 cm³/mol. The number of carbonyl (C=O) groups excluding carboxylic acids is 1. The van der Waals surface area contributed by atoms with Crippen LogP contribution >= 0.6 is 0 Å². The van der Waals surface area contributed by atoms with Crippen molar-refractivity contribution in [3.05, 3.63) is 29.8 Å². The molecule has 1 fully saturated rings. The highest BCUT2D eigenvalue weighted by Gasteiger charge is 2.31. The third-order valence-corrected chi connectivity index (χ3v) is 4.16. The van der Waals surface area contributed by atoms with Gasteiger partial charge in [-0.3, -0.25) is 4.79 Å². The fraction of sp³-hybridized carbons (Fsp3) is 0.562. The lowest BCUT2D eigenvalue weighted by molar-refractivity contribution is -0.138. The molecule has 2 rings (SSSR count). The van der Waals surface area contributed by atoms with Gasteiger partial charge in [-0.1, -0.05) is 12.1 Å². The van der Waals surface area contributed by atoms with Gasteiger partial charge in [-0.05, 0) is 57.2 Å². The summed E-state index contributed by atoms with van der Waals surface area (Å²) >= 11 is 0. The number of benzene rings is 1. The van der Waals surface area contributed by atoms with Crippen LogP contribution in [0.15, 0.2) is 24.3 Å². The molecule has 0 aromatic heterocycles. The zero-order chi connectivity index (χ0) is 14.7. The molecule has 1 amide bonds. The van der Waals surface area contributed by atoms with Gasteiger partial charge in [0, 0.05) is 12.1 Å². The minimum Gasteiger partial charge on any atom is -0.508 e. The molecule has 1 saturated heterocycles. The Morgan fingerprint density at radius 3 is 2.40 bits per heavy atom. The molecule has 3 N–H and O–H groups in total. The fourth-order valence-corrected chi connectivity index (χ4v) is 3.02. The molecular weight excluding hydrogens is 252 g/mol. The van der Waals surface area contributed by atoms with Crippen molar-refractivity contribution < 1.29 is 9.90 Å². The number of rotatable bonds is 3. The van der Waals surface area contributed by atoms with Crippen LogP contribution in [0.2, 0.25) is 0 Å². The van der Waals surface area contributed by atoms with Crippen LogP contribution in [-0.4, -0.2) is 34.0 Å². The zero-order valence-corrected chi connectivity index (χ0v) is 12.2. The van der Waals surface area contributed by atoms with Crippen molar-refractivity contribution in [3.63, 3.8) is 0 Å². The first-order chi connectivity index (χ1) is 9.49. The molecule has 1 heterocycles. The molecule has 2 unspecified atom stereocenters. The molecule has 0 bridgehead atoms. The summed E-state index contributed by atoms with van der Waals surface area (Å²) in [5, 5.41) is 9.27. The number of nitrogens with zero attached hydrogens (tertiary/aromatic N) is 1. The second kappa shape index (κ2) is 6.27. The monoisotopic (exact) mass is 276 g/mol. The lowest BCUT2D eigenvalue weighted by atomic mass is 9.95. The van der Waals surface area contributed by atoms with E-state index in [4.69, 9.17) is 5.73 Å². The van der Waals surface area contributed by atoms with Crippen molar-refractivity contribution in [3.8, 4) is 5.75 Å². The average molecular weight is 276 g/mol. The number of hydrogen-bond acceptors (Lipinski definition) is 3. The van der Waals surface area contributed by atoms with Gasteiger partial charge < -0.3 is 15.7 Å². The molecule has 0 aliphatic carbocycles. The fourth-order valence-electron chi connectivity index (χ4n) is 3.02. The van der Waals surface area contributed by atoms with Gasteiger partial charge in [0.15, 0.2) is 0 Å². The van der Waals surface area contributed by atoms with E-state index in [9.17, 15) is 9.90 Å². The van der Waals surface area contributed by atoms with Crippen LogP contribution in [-0.2, 0) is 11.2 Å². The average Bonchev–Trinajstić information content (AvgIpc) is 2.41. The molecule has 3 atom stereocenters. The van der Waals surface area contributed by atoms with Crippen LogP contribution in [0, 0.1) is 0 Å². The largest absolute Gasteiger partial charge is 0.508 e. The van der Waals surface area contributed by atoms with Crippen LogP contribution in [0.5, 0.6) is 5.75 Å². The molecule has 1 aliphatic heterocycles. The normalized spacial score (nSPS) is 24.4. The maximum Gasteiger partial charge on any atom is 0.240 e. The maximum atomic E-state index is 12.5. The van der Waals surface area contributed by atoms with E-state index in [0.29, 0.717) is 6.42 Å². The van der Waals surface area contributed by atoms with Gasteiger partial charge in [0.05, 0.1) is 6.04 Å². The lowest BCUT2D eigenvalue weighted by Crippen LogP contribution is -2.54. The Bertz CT molecular complexity index is 448. The number of phenols is 1.